The van der Waals surface area contributed by atoms with Crippen LogP contribution in [0, 0.1) is 5.92 Å². The normalized spacial score (nSPS) is 24.9. The highest BCUT2D eigenvalue weighted by Gasteiger charge is 2.40. The monoisotopic (exact) mass is 494 g/mol. The van der Waals surface area contributed by atoms with Gasteiger partial charge in [-0.3, -0.25) is 19.1 Å². The molecule has 3 fully saturated rings. The van der Waals surface area contributed by atoms with Gasteiger partial charge >= 0.3 is 0 Å². The molecule has 2 saturated heterocycles. The fourth-order valence-corrected chi connectivity index (χ4v) is 6.11. The van der Waals surface area contributed by atoms with Crippen molar-refractivity contribution in [2.24, 2.45) is 5.92 Å². The van der Waals surface area contributed by atoms with Crippen molar-refractivity contribution in [2.45, 2.75) is 82.5 Å². The quantitative estimate of drug-likeness (QED) is 0.667. The molecule has 6 rings (SSSR count). The number of aromatic nitrogens is 5. The van der Waals surface area contributed by atoms with Gasteiger partial charge in [0, 0.05) is 44.8 Å². The fourth-order valence-electron chi connectivity index (χ4n) is 6.11. The first-order valence-electron chi connectivity index (χ1n) is 13.4. The largest absolute Gasteiger partial charge is 0.348 e. The van der Waals surface area contributed by atoms with Crippen molar-refractivity contribution in [2.75, 3.05) is 19.6 Å². The molecule has 1 aliphatic carbocycles. The number of fused-ring (bicyclic) bond motifs is 1. The molecule has 192 valence electrons. The smallest absolute Gasteiger partial charge is 0.269 e. The van der Waals surface area contributed by atoms with Gasteiger partial charge in [-0.2, -0.15) is 5.10 Å². The zero-order chi connectivity index (χ0) is 24.6. The van der Waals surface area contributed by atoms with E-state index in [4.69, 9.17) is 0 Å². The maximum Gasteiger partial charge on any atom is 0.269 e. The molecule has 0 spiro atoms. The zero-order valence-electron chi connectivity index (χ0n) is 20.6. The Morgan fingerprint density at radius 2 is 1.78 bits per heavy atom. The molecule has 2 atom stereocenters. The Morgan fingerprint density at radius 1 is 0.944 bits per heavy atom. The first-order chi connectivity index (χ1) is 17.6. The van der Waals surface area contributed by atoms with Crippen LogP contribution in [0.25, 0.3) is 0 Å². The molecule has 36 heavy (non-hydrogen) atoms. The van der Waals surface area contributed by atoms with Gasteiger partial charge in [0.05, 0.1) is 12.0 Å². The van der Waals surface area contributed by atoms with Crippen molar-refractivity contribution >= 4 is 17.7 Å². The van der Waals surface area contributed by atoms with Gasteiger partial charge in [-0.15, -0.1) is 10.2 Å². The molecule has 0 radical (unpaired) electrons. The minimum absolute atomic E-state index is 0.0350. The third kappa shape index (κ3) is 4.28. The second kappa shape index (κ2) is 9.67. The summed E-state index contributed by atoms with van der Waals surface area (Å²) in [5.41, 5.74) is 0.625. The third-order valence-corrected chi connectivity index (χ3v) is 8.46. The molecule has 3 amide bonds. The molecule has 4 aliphatic rings. The van der Waals surface area contributed by atoms with Crippen molar-refractivity contribution in [3.8, 4) is 0 Å². The molecule has 11 heteroatoms. The van der Waals surface area contributed by atoms with Gasteiger partial charge in [0.25, 0.3) is 5.91 Å². The molecule has 2 aromatic rings. The number of rotatable bonds is 5. The molecule has 5 heterocycles. The van der Waals surface area contributed by atoms with Crippen molar-refractivity contribution in [1.29, 1.82) is 0 Å². The van der Waals surface area contributed by atoms with Gasteiger partial charge in [-0.1, -0.05) is 0 Å². The standard InChI is InChI=1S/C25H34N8O3/c34-23(20-8-11-27-33(20)19-3-1-4-19)28-18-9-13-30(14-10-18)25(36)21-5-2-12-32(21)24(35)17-6-7-22-29-26-16-31(22)15-17/h8,11,16-19,21H,1-7,9-10,12-15H2,(H,28,34)/t17?,21-/m0/s1. The lowest BCUT2D eigenvalue weighted by Crippen LogP contribution is -2.53. The minimum atomic E-state index is -0.372. The van der Waals surface area contributed by atoms with Gasteiger partial charge in [0.15, 0.2) is 0 Å². The Morgan fingerprint density at radius 3 is 2.56 bits per heavy atom. The summed E-state index contributed by atoms with van der Waals surface area (Å²) in [5, 5.41) is 15.6. The van der Waals surface area contributed by atoms with Crippen LogP contribution < -0.4 is 5.32 Å². The van der Waals surface area contributed by atoms with Crippen LogP contribution in [0.1, 0.15) is 73.7 Å². The number of hydrogen-bond acceptors (Lipinski definition) is 6. The molecule has 0 bridgehead atoms. The maximum atomic E-state index is 13.4. The summed E-state index contributed by atoms with van der Waals surface area (Å²) in [7, 11) is 0. The maximum absolute atomic E-state index is 13.4. The summed E-state index contributed by atoms with van der Waals surface area (Å²) in [6.07, 6.45) is 11.2. The van der Waals surface area contributed by atoms with Crippen LogP contribution in [0.2, 0.25) is 0 Å². The molecule has 1 saturated carbocycles. The van der Waals surface area contributed by atoms with Crippen molar-refractivity contribution in [1.82, 2.24) is 39.7 Å². The fraction of sp³-hybridized carbons (Fsp3) is 0.680. The molecule has 0 aromatic carbocycles. The van der Waals surface area contributed by atoms with E-state index in [0.717, 1.165) is 57.2 Å². The van der Waals surface area contributed by atoms with Crippen LogP contribution in [0.15, 0.2) is 18.6 Å². The molecule has 2 aromatic heterocycles. The summed E-state index contributed by atoms with van der Waals surface area (Å²) < 4.78 is 3.82. The molecule has 11 nitrogen and oxygen atoms in total. The number of piperidine rings is 1. The van der Waals surface area contributed by atoms with E-state index in [9.17, 15) is 14.4 Å². The Hall–Kier alpha value is -3.24. The summed E-state index contributed by atoms with van der Waals surface area (Å²) in [4.78, 5) is 43.4. The van der Waals surface area contributed by atoms with Crippen LogP contribution in [-0.2, 0) is 22.6 Å². The number of carbonyl (C=O) groups excluding carboxylic acids is 3. The summed E-state index contributed by atoms with van der Waals surface area (Å²) in [5.74, 6) is 0.845. The van der Waals surface area contributed by atoms with Gasteiger partial charge in [0.1, 0.15) is 23.9 Å². The van der Waals surface area contributed by atoms with E-state index in [-0.39, 0.29) is 35.7 Å². The van der Waals surface area contributed by atoms with Gasteiger partial charge in [0.2, 0.25) is 11.8 Å². The average Bonchev–Trinajstić information content (AvgIpc) is 3.63. The molecular formula is C25H34N8O3. The highest BCUT2D eigenvalue weighted by molar-refractivity contribution is 5.93. The number of amides is 3. The van der Waals surface area contributed by atoms with E-state index in [1.54, 1.807) is 18.6 Å². The zero-order valence-corrected chi connectivity index (χ0v) is 20.6. The lowest BCUT2D eigenvalue weighted by Gasteiger charge is -2.37. The lowest BCUT2D eigenvalue weighted by atomic mass is 9.93. The van der Waals surface area contributed by atoms with Gasteiger partial charge < -0.3 is 19.7 Å². The van der Waals surface area contributed by atoms with Gasteiger partial charge in [-0.25, -0.2) is 0 Å². The van der Waals surface area contributed by atoms with Crippen LogP contribution in [0.5, 0.6) is 0 Å². The van der Waals surface area contributed by atoms with Crippen LogP contribution in [-0.4, -0.2) is 83.8 Å². The summed E-state index contributed by atoms with van der Waals surface area (Å²) >= 11 is 0. The second-order valence-corrected chi connectivity index (χ2v) is 10.6. The first kappa shape index (κ1) is 23.2. The van der Waals surface area contributed by atoms with Crippen molar-refractivity contribution in [3.05, 3.63) is 30.1 Å². The number of hydrogen-bond donors (Lipinski definition) is 1. The molecule has 1 unspecified atom stereocenters. The van der Waals surface area contributed by atoms with Crippen molar-refractivity contribution < 1.29 is 14.4 Å². The number of nitrogens with zero attached hydrogens (tertiary/aromatic N) is 7. The number of nitrogens with one attached hydrogen (secondary N) is 1. The Bertz CT molecular complexity index is 1130. The highest BCUT2D eigenvalue weighted by atomic mass is 16.2. The number of aryl methyl sites for hydroxylation is 1. The van der Waals surface area contributed by atoms with Crippen molar-refractivity contribution in [3.63, 3.8) is 0 Å². The predicted molar refractivity (Wildman–Crippen MR) is 129 cm³/mol. The van der Waals surface area contributed by atoms with Crippen LogP contribution in [0.4, 0.5) is 0 Å². The third-order valence-electron chi connectivity index (χ3n) is 8.46. The van der Waals surface area contributed by atoms with E-state index in [0.29, 0.717) is 37.9 Å². The number of likely N-dealkylation sites (tertiary alicyclic amines) is 2. The molecule has 3 aliphatic heterocycles. The summed E-state index contributed by atoms with van der Waals surface area (Å²) in [6, 6.07) is 1.79. The van der Waals surface area contributed by atoms with Crippen LogP contribution >= 0.6 is 0 Å². The first-order valence-corrected chi connectivity index (χ1v) is 13.4. The van der Waals surface area contributed by atoms with E-state index < -0.39 is 0 Å². The number of carbonyl (C=O) groups is 3. The minimum Gasteiger partial charge on any atom is -0.348 e. The van der Waals surface area contributed by atoms with E-state index in [1.807, 2.05) is 19.0 Å². The average molecular weight is 495 g/mol. The van der Waals surface area contributed by atoms with Gasteiger partial charge in [-0.05, 0) is 57.4 Å². The topological polar surface area (TPSA) is 118 Å². The molecule has 1 N–H and O–H groups in total. The van der Waals surface area contributed by atoms with Crippen LogP contribution in [0.3, 0.4) is 0 Å². The van der Waals surface area contributed by atoms with E-state index in [2.05, 4.69) is 20.6 Å². The Labute approximate surface area is 210 Å². The summed E-state index contributed by atoms with van der Waals surface area (Å²) in [6.45, 7) is 2.42. The Balaban J connectivity index is 1.02. The molecular weight excluding hydrogens is 460 g/mol. The lowest BCUT2D eigenvalue weighted by molar-refractivity contribution is -0.147. The highest BCUT2D eigenvalue weighted by Crippen LogP contribution is 2.32. The van der Waals surface area contributed by atoms with E-state index >= 15 is 0 Å². The SMILES string of the molecule is O=C(NC1CCN(C(=O)[C@@H]2CCCN2C(=O)C2CCc3nncn3C2)CC1)c1ccnn1C1CCC1. The Kier molecular flexibility index (Phi) is 6.22. The van der Waals surface area contributed by atoms with E-state index in [1.165, 1.54) is 6.42 Å². The predicted octanol–water partition coefficient (Wildman–Crippen LogP) is 1.17. The second-order valence-electron chi connectivity index (χ2n) is 10.6.